The Balaban J connectivity index is 1.51. The molecule has 0 bridgehead atoms. The van der Waals surface area contributed by atoms with Crippen molar-refractivity contribution in [3.05, 3.63) is 82.4 Å². The number of benzene rings is 3. The number of carboxylic acid groups (broad SMARTS) is 1. The Hall–Kier alpha value is -3.27. The van der Waals surface area contributed by atoms with Crippen LogP contribution < -0.4 is 9.47 Å². The number of carbonyl (C=O) groups is 1. The molecule has 0 aromatic heterocycles. The highest BCUT2D eigenvalue weighted by atomic mass is 16.5. The van der Waals surface area contributed by atoms with Crippen molar-refractivity contribution in [2.75, 3.05) is 7.11 Å². The van der Waals surface area contributed by atoms with Crippen molar-refractivity contribution in [3.63, 3.8) is 0 Å². The largest absolute Gasteiger partial charge is 0.496 e. The quantitative estimate of drug-likeness (QED) is 0.467. The molecule has 0 aliphatic heterocycles. The third-order valence-electron chi connectivity index (χ3n) is 6.59. The number of hydrogen-bond donors (Lipinski definition) is 1. The van der Waals surface area contributed by atoms with E-state index < -0.39 is 5.97 Å². The van der Waals surface area contributed by atoms with Gasteiger partial charge in [-0.15, -0.1) is 0 Å². The molecule has 1 aliphatic carbocycles. The van der Waals surface area contributed by atoms with Crippen molar-refractivity contribution in [1.29, 1.82) is 0 Å². The highest BCUT2D eigenvalue weighted by Crippen LogP contribution is 2.41. The molecular formula is C28H30O4. The number of carboxylic acids is 1. The van der Waals surface area contributed by atoms with Gasteiger partial charge in [0.2, 0.25) is 0 Å². The minimum absolute atomic E-state index is 0.187. The summed E-state index contributed by atoms with van der Waals surface area (Å²) >= 11 is 0. The van der Waals surface area contributed by atoms with Gasteiger partial charge in [0.05, 0.1) is 13.0 Å². The first kappa shape index (κ1) is 21.9. The second-order valence-electron chi connectivity index (χ2n) is 8.76. The Morgan fingerprint density at radius 3 is 2.53 bits per heavy atom. The fraction of sp³-hybridized carbons (Fsp3) is 0.321. The molecule has 4 nitrogen and oxygen atoms in total. The molecule has 2 atom stereocenters. The van der Waals surface area contributed by atoms with Gasteiger partial charge in [-0.1, -0.05) is 36.4 Å². The number of hydrogen-bond acceptors (Lipinski definition) is 3. The summed E-state index contributed by atoms with van der Waals surface area (Å²) in [6.07, 6.45) is 1.56. The highest BCUT2D eigenvalue weighted by molar-refractivity contribution is 5.76. The molecular weight excluding hydrogens is 400 g/mol. The number of rotatable bonds is 8. The van der Waals surface area contributed by atoms with Gasteiger partial charge >= 0.3 is 5.97 Å². The third-order valence-corrected chi connectivity index (χ3v) is 6.59. The lowest BCUT2D eigenvalue weighted by molar-refractivity contribution is -0.138. The van der Waals surface area contributed by atoms with Gasteiger partial charge in [-0.25, -0.2) is 0 Å². The molecule has 1 N–H and O–H groups in total. The summed E-state index contributed by atoms with van der Waals surface area (Å²) in [7, 11) is 1.71. The second-order valence-corrected chi connectivity index (χ2v) is 8.76. The van der Waals surface area contributed by atoms with Gasteiger partial charge in [-0.2, -0.15) is 0 Å². The topological polar surface area (TPSA) is 55.8 Å². The van der Waals surface area contributed by atoms with E-state index in [1.54, 1.807) is 7.11 Å². The van der Waals surface area contributed by atoms with Crippen LogP contribution in [0.1, 0.15) is 34.2 Å². The van der Waals surface area contributed by atoms with Crippen LogP contribution in [0.5, 0.6) is 11.5 Å². The Morgan fingerprint density at radius 1 is 1.03 bits per heavy atom. The first-order valence-electron chi connectivity index (χ1n) is 11.1. The fourth-order valence-electron chi connectivity index (χ4n) is 4.58. The number of ether oxygens (including phenoxy) is 2. The number of aliphatic carboxylic acids is 1. The minimum atomic E-state index is -0.681. The van der Waals surface area contributed by atoms with E-state index in [0.29, 0.717) is 6.61 Å². The monoisotopic (exact) mass is 430 g/mol. The summed E-state index contributed by atoms with van der Waals surface area (Å²) in [6.45, 7) is 6.85. The van der Waals surface area contributed by atoms with Gasteiger partial charge < -0.3 is 14.6 Å². The van der Waals surface area contributed by atoms with Gasteiger partial charge in [-0.05, 0) is 96.7 Å². The standard InChI is InChI=1S/C28H30O4/c1-17-11-12-26(31-4)19(3)27(17)24-10-6-8-21(18(24)2)16-32-23-9-5-7-20(14-23)13-22-15-25(22)28(29)30/h5-12,14,22,25H,13,15-16H2,1-4H3,(H,29,30)/t22-,25?/m1/s1. The molecule has 166 valence electrons. The van der Waals surface area contributed by atoms with Crippen LogP contribution in [0.2, 0.25) is 0 Å². The van der Waals surface area contributed by atoms with Crippen molar-refractivity contribution >= 4 is 5.97 Å². The van der Waals surface area contributed by atoms with Crippen LogP contribution in [0, 0.1) is 32.6 Å². The number of methoxy groups -OCH3 is 1. The zero-order valence-electron chi connectivity index (χ0n) is 19.1. The summed E-state index contributed by atoms with van der Waals surface area (Å²) in [5.41, 5.74) is 8.24. The van der Waals surface area contributed by atoms with Gasteiger partial charge in [0.25, 0.3) is 0 Å². The van der Waals surface area contributed by atoms with E-state index in [4.69, 9.17) is 14.6 Å². The van der Waals surface area contributed by atoms with Crippen LogP contribution in [0.4, 0.5) is 0 Å². The van der Waals surface area contributed by atoms with Gasteiger partial charge in [0.15, 0.2) is 0 Å². The molecule has 32 heavy (non-hydrogen) atoms. The summed E-state index contributed by atoms with van der Waals surface area (Å²) < 4.78 is 11.7. The lowest BCUT2D eigenvalue weighted by Gasteiger charge is -2.18. The predicted molar refractivity (Wildman–Crippen MR) is 126 cm³/mol. The minimum Gasteiger partial charge on any atom is -0.496 e. The van der Waals surface area contributed by atoms with Crippen LogP contribution in [-0.4, -0.2) is 18.2 Å². The first-order chi connectivity index (χ1) is 15.4. The Labute approximate surface area is 189 Å². The Morgan fingerprint density at radius 2 is 1.81 bits per heavy atom. The SMILES string of the molecule is COc1ccc(C)c(-c2cccc(COc3cccc(C[C@@H]4CC4C(=O)O)c3)c2C)c1C. The van der Waals surface area contributed by atoms with Gasteiger partial charge in [0.1, 0.15) is 18.1 Å². The van der Waals surface area contributed by atoms with E-state index in [9.17, 15) is 4.79 Å². The Kier molecular flexibility index (Phi) is 6.22. The molecule has 1 saturated carbocycles. The molecule has 3 aromatic carbocycles. The summed E-state index contributed by atoms with van der Waals surface area (Å²) in [4.78, 5) is 11.1. The van der Waals surface area contributed by atoms with Crippen molar-refractivity contribution in [1.82, 2.24) is 0 Å². The number of aryl methyl sites for hydroxylation is 1. The van der Waals surface area contributed by atoms with E-state index in [0.717, 1.165) is 41.0 Å². The maximum absolute atomic E-state index is 11.1. The van der Waals surface area contributed by atoms with Crippen LogP contribution in [-0.2, 0) is 17.8 Å². The average molecular weight is 431 g/mol. The molecule has 4 rings (SSSR count). The molecule has 0 amide bonds. The zero-order chi connectivity index (χ0) is 22.8. The molecule has 0 radical (unpaired) electrons. The van der Waals surface area contributed by atoms with E-state index >= 15 is 0 Å². The molecule has 1 unspecified atom stereocenters. The fourth-order valence-corrected chi connectivity index (χ4v) is 4.58. The molecule has 4 heteroatoms. The maximum Gasteiger partial charge on any atom is 0.306 e. The second kappa shape index (κ2) is 9.07. The average Bonchev–Trinajstić information content (AvgIpc) is 3.54. The highest BCUT2D eigenvalue weighted by Gasteiger charge is 2.42. The van der Waals surface area contributed by atoms with E-state index in [2.05, 4.69) is 45.0 Å². The van der Waals surface area contributed by atoms with E-state index in [1.165, 1.54) is 22.3 Å². The van der Waals surface area contributed by atoms with Crippen molar-refractivity contribution in [2.24, 2.45) is 11.8 Å². The predicted octanol–water partition coefficient (Wildman–Crippen LogP) is 6.13. The van der Waals surface area contributed by atoms with Crippen LogP contribution in [0.15, 0.2) is 54.6 Å². The Bertz CT molecular complexity index is 1150. The molecule has 1 fully saturated rings. The van der Waals surface area contributed by atoms with Crippen molar-refractivity contribution < 1.29 is 19.4 Å². The lowest BCUT2D eigenvalue weighted by Crippen LogP contribution is -2.02. The summed E-state index contributed by atoms with van der Waals surface area (Å²) in [5, 5.41) is 9.13. The van der Waals surface area contributed by atoms with Crippen molar-refractivity contribution in [2.45, 2.75) is 40.2 Å². The smallest absolute Gasteiger partial charge is 0.306 e. The van der Waals surface area contributed by atoms with Crippen molar-refractivity contribution in [3.8, 4) is 22.6 Å². The molecule has 0 heterocycles. The first-order valence-corrected chi connectivity index (χ1v) is 11.1. The molecule has 0 spiro atoms. The van der Waals surface area contributed by atoms with E-state index in [1.807, 2.05) is 30.3 Å². The van der Waals surface area contributed by atoms with Crippen LogP contribution in [0.3, 0.4) is 0 Å². The molecule has 3 aromatic rings. The van der Waals surface area contributed by atoms with Crippen LogP contribution >= 0.6 is 0 Å². The lowest BCUT2D eigenvalue weighted by atomic mass is 9.90. The third kappa shape index (κ3) is 4.50. The summed E-state index contributed by atoms with van der Waals surface area (Å²) in [5.74, 6) is 1.08. The zero-order valence-corrected chi connectivity index (χ0v) is 19.1. The maximum atomic E-state index is 11.1. The van der Waals surface area contributed by atoms with Gasteiger partial charge in [0, 0.05) is 0 Å². The normalized spacial score (nSPS) is 17.1. The molecule has 0 saturated heterocycles. The molecule has 1 aliphatic rings. The van der Waals surface area contributed by atoms with Gasteiger partial charge in [-0.3, -0.25) is 4.79 Å². The van der Waals surface area contributed by atoms with E-state index in [-0.39, 0.29) is 11.8 Å². The summed E-state index contributed by atoms with van der Waals surface area (Å²) in [6, 6.07) is 18.5. The van der Waals surface area contributed by atoms with Crippen LogP contribution in [0.25, 0.3) is 11.1 Å².